The van der Waals surface area contributed by atoms with Crippen LogP contribution in [0.5, 0.6) is 5.75 Å². The molecule has 1 aliphatic carbocycles. The van der Waals surface area contributed by atoms with Crippen LogP contribution in [-0.2, 0) is 6.54 Å². The fourth-order valence-electron chi connectivity index (χ4n) is 2.20. The Hall–Kier alpha value is -1.75. The zero-order valence-electron chi connectivity index (χ0n) is 11.4. The number of ether oxygens (including phenoxy) is 1. The molecule has 2 unspecified atom stereocenters. The fraction of sp³-hybridized carbons (Fsp3) is 0.500. The fourth-order valence-corrected chi connectivity index (χ4v) is 2.20. The first kappa shape index (κ1) is 13.7. The molecule has 5 heteroatoms. The van der Waals surface area contributed by atoms with Gasteiger partial charge in [0.25, 0.3) is 0 Å². The minimum atomic E-state index is 0.0644. The van der Waals surface area contributed by atoms with Crippen molar-refractivity contribution in [2.24, 2.45) is 22.7 Å². The number of amidine groups is 1. The van der Waals surface area contributed by atoms with Gasteiger partial charge in [0.2, 0.25) is 0 Å². The zero-order chi connectivity index (χ0) is 13.8. The minimum absolute atomic E-state index is 0.0644. The van der Waals surface area contributed by atoms with Gasteiger partial charge in [0.15, 0.2) is 5.84 Å². The van der Waals surface area contributed by atoms with Gasteiger partial charge in [-0.25, -0.2) is 0 Å². The first-order chi connectivity index (χ1) is 9.15. The molecule has 19 heavy (non-hydrogen) atoms. The summed E-state index contributed by atoms with van der Waals surface area (Å²) in [7, 11) is 1.57. The second kappa shape index (κ2) is 5.93. The molecule has 1 aromatic rings. The summed E-state index contributed by atoms with van der Waals surface area (Å²) < 4.78 is 5.20. The van der Waals surface area contributed by atoms with E-state index in [4.69, 9.17) is 15.7 Å². The molecule has 1 saturated carbocycles. The van der Waals surface area contributed by atoms with Crippen molar-refractivity contribution in [3.05, 3.63) is 29.3 Å². The van der Waals surface area contributed by atoms with Gasteiger partial charge in [0.1, 0.15) is 5.75 Å². The summed E-state index contributed by atoms with van der Waals surface area (Å²) in [5.74, 6) is 2.35. The SMILES string of the molecule is COc1ccc(CNCC2CC2C)cc1/C(N)=N/O. The summed E-state index contributed by atoms with van der Waals surface area (Å²) in [6.07, 6.45) is 1.32. The van der Waals surface area contributed by atoms with Crippen LogP contribution in [0.3, 0.4) is 0 Å². The molecule has 1 aliphatic rings. The molecule has 0 bridgehead atoms. The lowest BCUT2D eigenvalue weighted by molar-refractivity contribution is 0.318. The quantitative estimate of drug-likeness (QED) is 0.315. The van der Waals surface area contributed by atoms with Crippen LogP contribution in [-0.4, -0.2) is 24.7 Å². The van der Waals surface area contributed by atoms with Gasteiger partial charge < -0.3 is 21.0 Å². The van der Waals surface area contributed by atoms with Crippen LogP contribution in [0.25, 0.3) is 0 Å². The highest BCUT2D eigenvalue weighted by Crippen LogP contribution is 2.36. The summed E-state index contributed by atoms with van der Waals surface area (Å²) in [6.45, 7) is 4.10. The van der Waals surface area contributed by atoms with Crippen molar-refractivity contribution in [1.29, 1.82) is 0 Å². The highest BCUT2D eigenvalue weighted by Gasteiger charge is 2.31. The monoisotopic (exact) mass is 263 g/mol. The van der Waals surface area contributed by atoms with Crippen molar-refractivity contribution < 1.29 is 9.94 Å². The van der Waals surface area contributed by atoms with Crippen LogP contribution in [0, 0.1) is 11.8 Å². The average molecular weight is 263 g/mol. The van der Waals surface area contributed by atoms with Gasteiger partial charge in [-0.3, -0.25) is 0 Å². The van der Waals surface area contributed by atoms with Crippen LogP contribution in [0.1, 0.15) is 24.5 Å². The summed E-state index contributed by atoms with van der Waals surface area (Å²) in [4.78, 5) is 0. The average Bonchev–Trinajstić information content (AvgIpc) is 3.13. The van der Waals surface area contributed by atoms with Crippen molar-refractivity contribution in [3.8, 4) is 5.75 Å². The molecule has 0 aromatic heterocycles. The Labute approximate surface area is 113 Å². The van der Waals surface area contributed by atoms with Crippen molar-refractivity contribution in [1.82, 2.24) is 5.32 Å². The first-order valence-corrected chi connectivity index (χ1v) is 6.51. The van der Waals surface area contributed by atoms with Crippen LogP contribution in [0.4, 0.5) is 0 Å². The maximum atomic E-state index is 8.78. The van der Waals surface area contributed by atoms with E-state index in [1.165, 1.54) is 6.42 Å². The molecule has 0 radical (unpaired) electrons. The van der Waals surface area contributed by atoms with E-state index < -0.39 is 0 Å². The van der Waals surface area contributed by atoms with E-state index in [-0.39, 0.29) is 5.84 Å². The third-order valence-corrected chi connectivity index (χ3v) is 3.66. The Morgan fingerprint density at radius 1 is 1.58 bits per heavy atom. The molecular weight excluding hydrogens is 242 g/mol. The van der Waals surface area contributed by atoms with E-state index in [0.29, 0.717) is 11.3 Å². The second-order valence-electron chi connectivity index (χ2n) is 5.12. The maximum absolute atomic E-state index is 8.78. The lowest BCUT2D eigenvalue weighted by Crippen LogP contribution is -2.18. The number of methoxy groups -OCH3 is 1. The molecule has 4 N–H and O–H groups in total. The maximum Gasteiger partial charge on any atom is 0.173 e. The second-order valence-corrected chi connectivity index (χ2v) is 5.12. The highest BCUT2D eigenvalue weighted by molar-refractivity contribution is 5.99. The molecule has 5 nitrogen and oxygen atoms in total. The van der Waals surface area contributed by atoms with Crippen LogP contribution in [0.15, 0.2) is 23.4 Å². The summed E-state index contributed by atoms with van der Waals surface area (Å²) in [5.41, 5.74) is 7.35. The summed E-state index contributed by atoms with van der Waals surface area (Å²) in [6, 6.07) is 5.71. The van der Waals surface area contributed by atoms with E-state index in [0.717, 1.165) is 30.5 Å². The molecular formula is C14H21N3O2. The van der Waals surface area contributed by atoms with Crippen LogP contribution >= 0.6 is 0 Å². The third kappa shape index (κ3) is 3.38. The van der Waals surface area contributed by atoms with Gasteiger partial charge in [-0.1, -0.05) is 18.1 Å². The summed E-state index contributed by atoms with van der Waals surface area (Å²) >= 11 is 0. The van der Waals surface area contributed by atoms with Gasteiger partial charge in [-0.15, -0.1) is 0 Å². The standard InChI is InChI=1S/C14H21N3O2/c1-9-5-11(9)8-16-7-10-3-4-13(19-2)12(6-10)14(15)17-18/h3-4,6,9,11,16,18H,5,7-8H2,1-2H3,(H2,15,17). The Kier molecular flexibility index (Phi) is 4.27. The minimum Gasteiger partial charge on any atom is -0.496 e. The molecule has 104 valence electrons. The van der Waals surface area contributed by atoms with Crippen LogP contribution < -0.4 is 15.8 Å². The lowest BCUT2D eigenvalue weighted by atomic mass is 10.1. The third-order valence-electron chi connectivity index (χ3n) is 3.66. The van der Waals surface area contributed by atoms with Crippen LogP contribution in [0.2, 0.25) is 0 Å². The number of oxime groups is 1. The van der Waals surface area contributed by atoms with Gasteiger partial charge in [0, 0.05) is 6.54 Å². The molecule has 2 atom stereocenters. The molecule has 0 aliphatic heterocycles. The van der Waals surface area contributed by atoms with Crippen molar-refractivity contribution in [2.75, 3.05) is 13.7 Å². The topological polar surface area (TPSA) is 79.9 Å². The number of nitrogens with zero attached hydrogens (tertiary/aromatic N) is 1. The van der Waals surface area contributed by atoms with E-state index >= 15 is 0 Å². The number of nitrogens with two attached hydrogens (primary N) is 1. The normalized spacial score (nSPS) is 22.3. The van der Waals surface area contributed by atoms with Gasteiger partial charge in [-0.2, -0.15) is 0 Å². The van der Waals surface area contributed by atoms with Gasteiger partial charge >= 0.3 is 0 Å². The predicted octanol–water partition coefficient (Wildman–Crippen LogP) is 1.54. The molecule has 0 spiro atoms. The first-order valence-electron chi connectivity index (χ1n) is 6.51. The molecule has 0 amide bonds. The number of rotatable bonds is 6. The molecule has 2 rings (SSSR count). The van der Waals surface area contributed by atoms with E-state index in [1.54, 1.807) is 7.11 Å². The Morgan fingerprint density at radius 3 is 2.89 bits per heavy atom. The van der Waals surface area contributed by atoms with E-state index in [1.807, 2.05) is 18.2 Å². The molecule has 0 heterocycles. The Morgan fingerprint density at radius 2 is 2.32 bits per heavy atom. The molecule has 1 fully saturated rings. The highest BCUT2D eigenvalue weighted by atomic mass is 16.5. The molecule has 1 aromatic carbocycles. The smallest absolute Gasteiger partial charge is 0.173 e. The van der Waals surface area contributed by atoms with Gasteiger partial charge in [-0.05, 0) is 42.5 Å². The van der Waals surface area contributed by atoms with E-state index in [9.17, 15) is 0 Å². The predicted molar refractivity (Wildman–Crippen MR) is 74.5 cm³/mol. The number of hydrogen-bond donors (Lipinski definition) is 3. The Balaban J connectivity index is 2.00. The number of hydrogen-bond acceptors (Lipinski definition) is 4. The lowest BCUT2D eigenvalue weighted by Gasteiger charge is -2.10. The van der Waals surface area contributed by atoms with Crippen molar-refractivity contribution in [3.63, 3.8) is 0 Å². The number of benzene rings is 1. The van der Waals surface area contributed by atoms with Gasteiger partial charge in [0.05, 0.1) is 12.7 Å². The number of nitrogens with one attached hydrogen (secondary N) is 1. The Bertz CT molecular complexity index is 474. The zero-order valence-corrected chi connectivity index (χ0v) is 11.4. The van der Waals surface area contributed by atoms with E-state index in [2.05, 4.69) is 17.4 Å². The van der Waals surface area contributed by atoms with Crippen molar-refractivity contribution >= 4 is 5.84 Å². The van der Waals surface area contributed by atoms with Crippen molar-refractivity contribution in [2.45, 2.75) is 19.9 Å². The largest absolute Gasteiger partial charge is 0.496 e. The molecule has 0 saturated heterocycles. The summed E-state index contributed by atoms with van der Waals surface area (Å²) in [5, 5.41) is 15.2.